The zero-order valence-corrected chi connectivity index (χ0v) is 18.9. The number of amides is 3. The molecular weight excluding hydrogens is 462 g/mol. The number of fused-ring (bicyclic) bond motifs is 1. The number of carbonyl (C=O) groups is 3. The zero-order chi connectivity index (χ0) is 25.2. The first-order valence-electron chi connectivity index (χ1n) is 10.9. The molecule has 184 valence electrons. The number of benzene rings is 2. The number of piperidine rings is 1. The predicted octanol–water partition coefficient (Wildman–Crippen LogP) is 2.10. The first kappa shape index (κ1) is 24.1. The second kappa shape index (κ2) is 9.69. The Balaban J connectivity index is 1.55. The summed E-state index contributed by atoms with van der Waals surface area (Å²) in [6.07, 6.45) is -1.97. The van der Waals surface area contributed by atoms with Crippen molar-refractivity contribution >= 4 is 23.6 Å². The van der Waals surface area contributed by atoms with E-state index in [0.29, 0.717) is 18.6 Å². The minimum atomic E-state index is -1.46. The van der Waals surface area contributed by atoms with Crippen molar-refractivity contribution in [3.63, 3.8) is 0 Å². The number of rotatable bonds is 7. The standard InChI is InChI=1S/C24H24F2N4O5/c1-29-22(32)24(12-15-5-3-2-4-6-15)14-30(10-9-20(24)28-29)21(31)19(35-23(27)33)13-34-16-7-8-17(25)18(26)11-16/h2-8,11,19H,9-10,12-14H2,1H3,(H2,27,33)/t19?,24-/m1/s1. The molecule has 1 fully saturated rings. The molecule has 2 aliphatic rings. The van der Waals surface area contributed by atoms with Gasteiger partial charge in [-0.3, -0.25) is 9.59 Å². The third kappa shape index (κ3) is 4.93. The van der Waals surface area contributed by atoms with E-state index in [4.69, 9.17) is 15.2 Å². The van der Waals surface area contributed by atoms with E-state index in [1.807, 2.05) is 30.3 Å². The third-order valence-electron chi connectivity index (χ3n) is 6.09. The molecular formula is C24H24F2N4O5. The summed E-state index contributed by atoms with van der Waals surface area (Å²) in [6.45, 7) is -0.227. The highest BCUT2D eigenvalue weighted by molar-refractivity contribution is 6.13. The highest BCUT2D eigenvalue weighted by Crippen LogP contribution is 2.38. The number of hydrazone groups is 1. The lowest BCUT2D eigenvalue weighted by molar-refractivity contribution is -0.146. The van der Waals surface area contributed by atoms with E-state index in [-0.39, 0.29) is 24.7 Å². The van der Waals surface area contributed by atoms with Crippen molar-refractivity contribution in [2.24, 2.45) is 16.3 Å². The quantitative estimate of drug-likeness (QED) is 0.644. The van der Waals surface area contributed by atoms with Crippen molar-refractivity contribution in [1.29, 1.82) is 0 Å². The van der Waals surface area contributed by atoms with E-state index in [1.54, 1.807) is 7.05 Å². The average molecular weight is 486 g/mol. The SMILES string of the molecule is CN1N=C2CCN(C(=O)C(COc3ccc(F)c(F)c3)OC(N)=O)C[C@@]2(Cc2ccccc2)C1=O. The molecule has 0 radical (unpaired) electrons. The van der Waals surface area contributed by atoms with E-state index >= 15 is 0 Å². The van der Waals surface area contributed by atoms with E-state index in [2.05, 4.69) is 5.10 Å². The normalized spacial score (nSPS) is 20.2. The molecule has 0 aliphatic carbocycles. The van der Waals surface area contributed by atoms with Gasteiger partial charge in [-0.05, 0) is 24.1 Å². The van der Waals surface area contributed by atoms with Crippen LogP contribution in [0.3, 0.4) is 0 Å². The summed E-state index contributed by atoms with van der Waals surface area (Å²) in [5.74, 6) is -3.11. The zero-order valence-electron chi connectivity index (χ0n) is 18.9. The highest BCUT2D eigenvalue weighted by atomic mass is 19.2. The fourth-order valence-electron chi connectivity index (χ4n) is 4.45. The van der Waals surface area contributed by atoms with Crippen molar-refractivity contribution in [3.8, 4) is 5.75 Å². The van der Waals surface area contributed by atoms with Crippen LogP contribution in [-0.2, 0) is 20.7 Å². The molecule has 35 heavy (non-hydrogen) atoms. The molecule has 0 spiro atoms. The van der Waals surface area contributed by atoms with Crippen molar-refractivity contribution in [2.75, 3.05) is 26.7 Å². The summed E-state index contributed by atoms with van der Waals surface area (Å²) in [5.41, 5.74) is 5.69. The molecule has 2 heterocycles. The van der Waals surface area contributed by atoms with Gasteiger partial charge in [-0.1, -0.05) is 30.3 Å². The lowest BCUT2D eigenvalue weighted by Gasteiger charge is -2.40. The summed E-state index contributed by atoms with van der Waals surface area (Å²) in [7, 11) is 1.57. The molecule has 3 amide bonds. The van der Waals surface area contributed by atoms with Crippen LogP contribution < -0.4 is 10.5 Å². The number of hydrogen-bond donors (Lipinski definition) is 1. The summed E-state index contributed by atoms with van der Waals surface area (Å²) in [5, 5.41) is 5.69. The summed E-state index contributed by atoms with van der Waals surface area (Å²) in [6, 6.07) is 12.3. The molecule has 1 unspecified atom stereocenters. The van der Waals surface area contributed by atoms with E-state index in [0.717, 1.165) is 17.7 Å². The Kier molecular flexibility index (Phi) is 6.68. The van der Waals surface area contributed by atoms with E-state index in [1.165, 1.54) is 16.0 Å². The smallest absolute Gasteiger partial charge is 0.405 e. The molecule has 9 nitrogen and oxygen atoms in total. The molecule has 4 rings (SSSR count). The number of halogens is 2. The first-order valence-corrected chi connectivity index (χ1v) is 10.9. The summed E-state index contributed by atoms with van der Waals surface area (Å²) < 4.78 is 37.0. The van der Waals surface area contributed by atoms with Gasteiger partial charge >= 0.3 is 6.09 Å². The molecule has 0 bridgehead atoms. The Morgan fingerprint density at radius 3 is 2.60 bits per heavy atom. The molecule has 0 saturated carbocycles. The molecule has 2 atom stereocenters. The number of nitrogens with zero attached hydrogens (tertiary/aromatic N) is 3. The van der Waals surface area contributed by atoms with Crippen LogP contribution >= 0.6 is 0 Å². The van der Waals surface area contributed by atoms with Crippen LogP contribution in [0.1, 0.15) is 12.0 Å². The van der Waals surface area contributed by atoms with Gasteiger partial charge in [-0.25, -0.2) is 18.6 Å². The van der Waals surface area contributed by atoms with Crippen LogP contribution in [0.2, 0.25) is 0 Å². The fraction of sp³-hybridized carbons (Fsp3) is 0.333. The molecule has 0 aromatic heterocycles. The van der Waals surface area contributed by atoms with Crippen LogP contribution in [0, 0.1) is 17.0 Å². The Labute approximate surface area is 200 Å². The number of nitrogens with two attached hydrogens (primary N) is 1. The molecule has 11 heteroatoms. The molecule has 2 aliphatic heterocycles. The monoisotopic (exact) mass is 486 g/mol. The maximum absolute atomic E-state index is 13.5. The summed E-state index contributed by atoms with van der Waals surface area (Å²) in [4.78, 5) is 39.5. The Bertz CT molecular complexity index is 1180. The van der Waals surface area contributed by atoms with Crippen LogP contribution in [0.15, 0.2) is 53.6 Å². The number of likely N-dealkylation sites (tertiary alicyclic amines) is 1. The largest absolute Gasteiger partial charge is 0.489 e. The number of hydrogen-bond acceptors (Lipinski definition) is 6. The lowest BCUT2D eigenvalue weighted by Crippen LogP contribution is -2.58. The van der Waals surface area contributed by atoms with Crippen molar-refractivity contribution in [1.82, 2.24) is 9.91 Å². The Hall–Kier alpha value is -4.02. The van der Waals surface area contributed by atoms with Gasteiger partial charge in [0.1, 0.15) is 17.8 Å². The lowest BCUT2D eigenvalue weighted by atomic mass is 9.73. The second-order valence-corrected chi connectivity index (χ2v) is 8.44. The van der Waals surface area contributed by atoms with Crippen LogP contribution in [0.5, 0.6) is 5.75 Å². The van der Waals surface area contributed by atoms with Crippen LogP contribution in [0.25, 0.3) is 0 Å². The Morgan fingerprint density at radius 2 is 1.91 bits per heavy atom. The van der Waals surface area contributed by atoms with Crippen LogP contribution in [-0.4, -0.2) is 66.4 Å². The molecule has 2 N–H and O–H groups in total. The number of ether oxygens (including phenoxy) is 2. The van der Waals surface area contributed by atoms with Crippen molar-refractivity contribution in [2.45, 2.75) is 18.9 Å². The fourth-order valence-corrected chi connectivity index (χ4v) is 4.45. The Morgan fingerprint density at radius 1 is 1.17 bits per heavy atom. The predicted molar refractivity (Wildman–Crippen MR) is 120 cm³/mol. The van der Waals surface area contributed by atoms with Gasteiger partial charge in [0.05, 0.1) is 5.71 Å². The maximum atomic E-state index is 13.5. The van der Waals surface area contributed by atoms with Gasteiger partial charge in [0, 0.05) is 32.6 Å². The first-order chi connectivity index (χ1) is 16.7. The molecule has 1 saturated heterocycles. The maximum Gasteiger partial charge on any atom is 0.405 e. The number of carbonyl (C=O) groups excluding carboxylic acids is 3. The van der Waals surface area contributed by atoms with Gasteiger partial charge in [-0.15, -0.1) is 0 Å². The topological polar surface area (TPSA) is 115 Å². The second-order valence-electron chi connectivity index (χ2n) is 8.44. The third-order valence-corrected chi connectivity index (χ3v) is 6.09. The van der Waals surface area contributed by atoms with Crippen molar-refractivity contribution in [3.05, 3.63) is 65.7 Å². The minimum absolute atomic E-state index is 0.0204. The summed E-state index contributed by atoms with van der Waals surface area (Å²) >= 11 is 0. The molecule has 2 aromatic carbocycles. The van der Waals surface area contributed by atoms with Gasteiger partial charge in [0.15, 0.2) is 11.6 Å². The van der Waals surface area contributed by atoms with Crippen LogP contribution in [0.4, 0.5) is 13.6 Å². The van der Waals surface area contributed by atoms with Gasteiger partial charge in [0.25, 0.3) is 11.8 Å². The number of primary amides is 1. The average Bonchev–Trinajstić information content (AvgIpc) is 3.08. The minimum Gasteiger partial charge on any atom is -0.489 e. The van der Waals surface area contributed by atoms with E-state index in [9.17, 15) is 23.2 Å². The van der Waals surface area contributed by atoms with Gasteiger partial charge in [0.2, 0.25) is 6.10 Å². The molecule has 2 aromatic rings. The van der Waals surface area contributed by atoms with Gasteiger partial charge in [-0.2, -0.15) is 5.10 Å². The van der Waals surface area contributed by atoms with Crippen molar-refractivity contribution < 1.29 is 32.6 Å². The van der Waals surface area contributed by atoms with Gasteiger partial charge < -0.3 is 20.1 Å². The van der Waals surface area contributed by atoms with E-state index < -0.39 is 41.8 Å². The highest BCUT2D eigenvalue weighted by Gasteiger charge is 2.54.